The molecule has 64 valence electrons. The highest BCUT2D eigenvalue weighted by atomic mass is 32.3. The van der Waals surface area contributed by atoms with Gasteiger partial charge in [-0.2, -0.15) is 26.7 Å². The van der Waals surface area contributed by atoms with Crippen LogP contribution in [0.4, 0.5) is 7.77 Å². The van der Waals surface area contributed by atoms with Crippen LogP contribution in [0.2, 0.25) is 0 Å². The van der Waals surface area contributed by atoms with Gasteiger partial charge in [0.1, 0.15) is 0 Å². The fourth-order valence-corrected chi connectivity index (χ4v) is 1.07. The van der Waals surface area contributed by atoms with Crippen LogP contribution in [-0.2, 0) is 20.8 Å². The molecule has 0 saturated carbocycles. The van der Waals surface area contributed by atoms with Crippen molar-refractivity contribution in [3.05, 3.63) is 0 Å². The molecule has 0 aromatic heterocycles. The molecule has 0 amide bonds. The van der Waals surface area contributed by atoms with Gasteiger partial charge in [-0.15, -0.1) is 0 Å². The van der Waals surface area contributed by atoms with Crippen LogP contribution in [0.25, 0.3) is 0 Å². The van der Waals surface area contributed by atoms with Crippen molar-refractivity contribution in [3.8, 4) is 0 Å². The van der Waals surface area contributed by atoms with Gasteiger partial charge in [0.25, 0.3) is 0 Å². The van der Waals surface area contributed by atoms with Crippen LogP contribution < -0.4 is 4.13 Å². The van der Waals surface area contributed by atoms with E-state index in [-0.39, 0.29) is 14.0 Å². The molecule has 1 atom stereocenters. The normalized spacial score (nSPS) is 12.2. The van der Waals surface area contributed by atoms with E-state index < -0.39 is 20.8 Å². The van der Waals surface area contributed by atoms with Crippen LogP contribution in [0.5, 0.6) is 0 Å². The van der Waals surface area contributed by atoms with E-state index in [2.05, 4.69) is 0 Å². The lowest BCUT2D eigenvalue weighted by Crippen LogP contribution is -2.23. The third kappa shape index (κ3) is 11.0. The lowest BCUT2D eigenvalue weighted by Gasteiger charge is -1.87. The van der Waals surface area contributed by atoms with Crippen molar-refractivity contribution in [1.29, 1.82) is 0 Å². The van der Waals surface area contributed by atoms with Crippen LogP contribution >= 0.6 is 9.90 Å². The molecule has 10 heavy (non-hydrogen) atoms. The maximum Gasteiger partial charge on any atom is 0.387 e. The van der Waals surface area contributed by atoms with Crippen molar-refractivity contribution in [1.82, 2.24) is 4.13 Å². The van der Waals surface area contributed by atoms with Gasteiger partial charge in [0.05, 0.1) is 0 Å². The Labute approximate surface area is 60.1 Å². The molecule has 0 heterocycles. The molecular weight excluding hydrogens is 211 g/mol. The van der Waals surface area contributed by atoms with Gasteiger partial charge in [-0.25, -0.2) is 0 Å². The maximum absolute atomic E-state index is 11.1. The third-order valence-electron chi connectivity index (χ3n) is 0.199. The number of hydrogen-bond acceptors (Lipinski definition) is 4. The van der Waals surface area contributed by atoms with Gasteiger partial charge < -0.3 is 0 Å². The molecule has 0 saturated heterocycles. The van der Waals surface area contributed by atoms with Crippen molar-refractivity contribution >= 4 is 30.7 Å². The summed E-state index contributed by atoms with van der Waals surface area (Å²) in [5.41, 5.74) is 0. The molecule has 10 heteroatoms. The lowest BCUT2D eigenvalue weighted by molar-refractivity contribution is 0.527. The topological polar surface area (TPSA) is 80.3 Å². The zero-order chi connectivity index (χ0) is 7.71. The second-order valence-electron chi connectivity index (χ2n) is 0.959. The van der Waals surface area contributed by atoms with Gasteiger partial charge in [0.15, 0.2) is 0 Å². The number of hydrogen-bond donors (Lipinski definition) is 1. The minimum atomic E-state index is -5.49. The first-order valence-corrected chi connectivity index (χ1v) is 4.15. The monoisotopic (exact) mass is 215 g/mol. The summed E-state index contributed by atoms with van der Waals surface area (Å²) in [5, 5.41) is 0. The largest absolute Gasteiger partial charge is 0.387 e. The summed E-state index contributed by atoms with van der Waals surface area (Å²) in [6.45, 7) is 0. The maximum atomic E-state index is 11.1. The van der Waals surface area contributed by atoms with Crippen LogP contribution in [0.15, 0.2) is 0 Å². The molecule has 0 radical (unpaired) electrons. The average molecular weight is 215 g/mol. The third-order valence-corrected chi connectivity index (χ3v) is 1.79. The van der Waals surface area contributed by atoms with E-state index in [0.29, 0.717) is 0 Å². The Kier molecular flexibility index (Phi) is 4.50. The summed E-state index contributed by atoms with van der Waals surface area (Å²) < 4.78 is 59.3. The number of nitrogens with one attached hydrogen (secondary N) is 1. The van der Waals surface area contributed by atoms with Crippen molar-refractivity contribution in [2.45, 2.75) is 0 Å². The van der Waals surface area contributed by atoms with Crippen LogP contribution in [0.1, 0.15) is 0 Å². The molecule has 1 N–H and O–H groups in total. The second-order valence-corrected chi connectivity index (χ2v) is 3.38. The van der Waals surface area contributed by atoms with Gasteiger partial charge in [-0.3, -0.25) is 0 Å². The molecular formula is H4F2NO4PS2. The highest BCUT2D eigenvalue weighted by Crippen LogP contribution is 1.90. The Morgan fingerprint density at radius 1 is 0.900 bits per heavy atom. The summed E-state index contributed by atoms with van der Waals surface area (Å²) >= 11 is 0. The first-order chi connectivity index (χ1) is 3.71. The number of halogens is 2. The Balaban J connectivity index is 0. The zero-order valence-electron chi connectivity index (χ0n) is 4.41. The molecule has 0 bridgehead atoms. The standard InChI is InChI=1S/F2HNO4S2.H3P/c1-8(4,5)3-9(2,6)7;/h3H;1H3. The molecule has 0 aliphatic heterocycles. The highest BCUT2D eigenvalue weighted by molar-refractivity contribution is 7.99. The van der Waals surface area contributed by atoms with E-state index in [1.54, 1.807) is 0 Å². The van der Waals surface area contributed by atoms with E-state index in [0.717, 1.165) is 0 Å². The van der Waals surface area contributed by atoms with Crippen molar-refractivity contribution in [3.63, 3.8) is 0 Å². The molecule has 0 fully saturated rings. The van der Waals surface area contributed by atoms with Gasteiger partial charge in [0, 0.05) is 0 Å². The predicted molar refractivity (Wildman–Crippen MR) is 34.3 cm³/mol. The summed E-state index contributed by atoms with van der Waals surface area (Å²) in [5.74, 6) is 0. The Bertz CT molecular complexity index is 246. The Morgan fingerprint density at radius 3 is 1.10 bits per heavy atom. The average Bonchev–Trinajstić information content (AvgIpc) is 1.14. The fraction of sp³-hybridized carbons (Fsp3) is 0. The van der Waals surface area contributed by atoms with Gasteiger partial charge >= 0.3 is 20.8 Å². The smallest absolute Gasteiger partial charge is 0.176 e. The molecule has 0 aromatic rings. The zero-order valence-corrected chi connectivity index (χ0v) is 7.46. The summed E-state index contributed by atoms with van der Waals surface area (Å²) in [7, 11) is -11.0. The summed E-state index contributed by atoms with van der Waals surface area (Å²) in [4.78, 5) is 0. The van der Waals surface area contributed by atoms with E-state index in [4.69, 9.17) is 0 Å². The molecule has 0 spiro atoms. The Hall–Kier alpha value is 0.150. The second kappa shape index (κ2) is 3.51. The quantitative estimate of drug-likeness (QED) is 0.476. The van der Waals surface area contributed by atoms with Crippen molar-refractivity contribution in [2.24, 2.45) is 0 Å². The number of rotatable bonds is 2. The first-order valence-electron chi connectivity index (χ1n) is 1.38. The molecule has 1 unspecified atom stereocenters. The summed E-state index contributed by atoms with van der Waals surface area (Å²) in [6, 6.07) is 0. The van der Waals surface area contributed by atoms with Crippen molar-refractivity contribution in [2.75, 3.05) is 0 Å². The minimum Gasteiger partial charge on any atom is -0.176 e. The molecule has 0 aliphatic carbocycles. The molecule has 0 aliphatic rings. The van der Waals surface area contributed by atoms with E-state index >= 15 is 0 Å². The fourth-order valence-electron chi connectivity index (χ4n) is 0.119. The predicted octanol–water partition coefficient (Wildman–Crippen LogP) is -0.937. The van der Waals surface area contributed by atoms with Crippen LogP contribution in [-0.4, -0.2) is 16.8 Å². The van der Waals surface area contributed by atoms with Crippen LogP contribution in [0, 0.1) is 0 Å². The highest BCUT2D eigenvalue weighted by Gasteiger charge is 2.17. The Morgan fingerprint density at radius 2 is 1.10 bits per heavy atom. The van der Waals surface area contributed by atoms with Gasteiger partial charge in [0.2, 0.25) is 0 Å². The van der Waals surface area contributed by atoms with E-state index in [9.17, 15) is 24.6 Å². The van der Waals surface area contributed by atoms with Gasteiger partial charge in [-0.05, 0) is 0 Å². The summed E-state index contributed by atoms with van der Waals surface area (Å²) in [6.07, 6.45) is 0. The van der Waals surface area contributed by atoms with E-state index in [1.807, 2.05) is 0 Å². The molecule has 0 rings (SSSR count). The molecule has 0 aromatic carbocycles. The molecule has 5 nitrogen and oxygen atoms in total. The SMILES string of the molecule is O=S(=O)(F)NS(=O)(=O)F.P. The van der Waals surface area contributed by atoms with Crippen LogP contribution in [0.3, 0.4) is 0 Å². The van der Waals surface area contributed by atoms with Crippen molar-refractivity contribution < 1.29 is 24.6 Å². The van der Waals surface area contributed by atoms with Gasteiger partial charge in [-0.1, -0.05) is 11.9 Å². The van der Waals surface area contributed by atoms with E-state index in [1.165, 1.54) is 0 Å². The minimum absolute atomic E-state index is 0. The lowest BCUT2D eigenvalue weighted by atomic mass is 13.9. The first kappa shape index (κ1) is 12.8.